The van der Waals surface area contributed by atoms with Crippen LogP contribution < -0.4 is 10.2 Å². The van der Waals surface area contributed by atoms with Crippen molar-refractivity contribution in [3.8, 4) is 0 Å². The van der Waals surface area contributed by atoms with Gasteiger partial charge in [0, 0.05) is 23.0 Å². The van der Waals surface area contributed by atoms with Gasteiger partial charge >= 0.3 is 0 Å². The van der Waals surface area contributed by atoms with E-state index in [1.165, 1.54) is 12.1 Å². The lowest BCUT2D eigenvalue weighted by molar-refractivity contribution is 0.0974. The van der Waals surface area contributed by atoms with Gasteiger partial charge in [0.15, 0.2) is 0 Å². The number of benzene rings is 3. The van der Waals surface area contributed by atoms with Crippen LogP contribution in [0.1, 0.15) is 35.3 Å². The van der Waals surface area contributed by atoms with Crippen molar-refractivity contribution in [3.63, 3.8) is 0 Å². The van der Waals surface area contributed by atoms with Crippen molar-refractivity contribution >= 4 is 17.3 Å². The third-order valence-corrected chi connectivity index (χ3v) is 5.01. The first kappa shape index (κ1) is 17.3. The van der Waals surface area contributed by atoms with Gasteiger partial charge in [-0.3, -0.25) is 4.79 Å². The molecule has 0 aliphatic carbocycles. The number of hydrogen-bond donors (Lipinski definition) is 1. The van der Waals surface area contributed by atoms with Crippen molar-refractivity contribution < 1.29 is 9.18 Å². The number of halogens is 1. The van der Waals surface area contributed by atoms with Crippen molar-refractivity contribution in [1.82, 2.24) is 0 Å². The van der Waals surface area contributed by atoms with Crippen molar-refractivity contribution in [2.75, 3.05) is 10.2 Å². The Balaban J connectivity index is 1.68. The first-order valence-corrected chi connectivity index (χ1v) is 9.13. The quantitative estimate of drug-likeness (QED) is 0.676. The van der Waals surface area contributed by atoms with Crippen LogP contribution in [0.3, 0.4) is 0 Å². The maximum atomic E-state index is 13.2. The molecule has 3 aromatic carbocycles. The predicted octanol–water partition coefficient (Wildman–Crippen LogP) is 5.42. The lowest BCUT2D eigenvalue weighted by atomic mass is 9.90. The number of nitrogens with one attached hydrogen (secondary N) is 1. The molecule has 0 unspecified atom stereocenters. The second-order valence-corrected chi connectivity index (χ2v) is 6.89. The molecule has 0 saturated heterocycles. The number of hydrogen-bond acceptors (Lipinski definition) is 2. The third-order valence-electron chi connectivity index (χ3n) is 5.01. The Bertz CT molecular complexity index is 940. The molecule has 1 aliphatic heterocycles. The normalized spacial score (nSPS) is 18.7. The van der Waals surface area contributed by atoms with E-state index in [-0.39, 0.29) is 23.8 Å². The maximum Gasteiger partial charge on any atom is 0.258 e. The van der Waals surface area contributed by atoms with Gasteiger partial charge in [0.2, 0.25) is 0 Å². The van der Waals surface area contributed by atoms with E-state index in [4.69, 9.17) is 0 Å². The number of anilines is 2. The van der Waals surface area contributed by atoms with E-state index in [2.05, 4.69) is 12.2 Å². The number of amides is 1. The van der Waals surface area contributed by atoms with Crippen LogP contribution in [0.5, 0.6) is 0 Å². The van der Waals surface area contributed by atoms with E-state index in [0.717, 1.165) is 23.4 Å². The Morgan fingerprint density at radius 2 is 1.63 bits per heavy atom. The summed E-state index contributed by atoms with van der Waals surface area (Å²) in [5.74, 6) is -0.242. The van der Waals surface area contributed by atoms with Gasteiger partial charge in [-0.1, -0.05) is 36.4 Å². The summed E-state index contributed by atoms with van der Waals surface area (Å²) in [5, 5.41) is 3.49. The molecule has 0 spiro atoms. The van der Waals surface area contributed by atoms with E-state index in [1.807, 2.05) is 59.5 Å². The summed E-state index contributed by atoms with van der Waals surface area (Å²) < 4.78 is 13.2. The molecule has 4 rings (SSSR count). The fraction of sp³-hybridized carbons (Fsp3) is 0.174. The zero-order valence-corrected chi connectivity index (χ0v) is 15.1. The van der Waals surface area contributed by atoms with Crippen LogP contribution in [0.25, 0.3) is 0 Å². The van der Waals surface area contributed by atoms with E-state index in [9.17, 15) is 9.18 Å². The molecule has 0 fully saturated rings. The molecule has 1 N–H and O–H groups in total. The average molecular weight is 360 g/mol. The van der Waals surface area contributed by atoms with E-state index < -0.39 is 0 Å². The minimum atomic E-state index is -0.252. The van der Waals surface area contributed by atoms with Crippen LogP contribution in [-0.4, -0.2) is 11.9 Å². The average Bonchev–Trinajstić information content (AvgIpc) is 2.70. The van der Waals surface area contributed by atoms with Crippen LogP contribution in [0, 0.1) is 5.82 Å². The molecule has 136 valence electrons. The molecule has 3 aromatic rings. The highest BCUT2D eigenvalue weighted by Gasteiger charge is 2.33. The summed E-state index contributed by atoms with van der Waals surface area (Å²) in [4.78, 5) is 15.0. The molecular formula is C23H21FN2O. The SMILES string of the molecule is C[C@@H]1C[C@@H](Nc2ccc(F)cc2)c2ccccc2N1C(=O)c1ccccc1. The standard InChI is InChI=1S/C23H21FN2O/c1-16-15-21(25-19-13-11-18(24)12-14-19)20-9-5-6-10-22(20)26(16)23(27)17-7-3-2-4-8-17/h2-14,16,21,25H,15H2,1H3/t16-,21-/m1/s1. The molecule has 0 saturated carbocycles. The highest BCUT2D eigenvalue weighted by molar-refractivity contribution is 6.07. The lowest BCUT2D eigenvalue weighted by Crippen LogP contribution is -2.44. The van der Waals surface area contributed by atoms with Gasteiger partial charge in [-0.2, -0.15) is 0 Å². The van der Waals surface area contributed by atoms with E-state index >= 15 is 0 Å². The van der Waals surface area contributed by atoms with Crippen molar-refractivity contribution in [2.24, 2.45) is 0 Å². The molecular weight excluding hydrogens is 339 g/mol. The van der Waals surface area contributed by atoms with Gasteiger partial charge in [-0.05, 0) is 61.4 Å². The highest BCUT2D eigenvalue weighted by Crippen LogP contribution is 2.39. The summed E-state index contributed by atoms with van der Waals surface area (Å²) in [6.45, 7) is 2.07. The number of fused-ring (bicyclic) bond motifs is 1. The monoisotopic (exact) mass is 360 g/mol. The van der Waals surface area contributed by atoms with Crippen molar-refractivity contribution in [2.45, 2.75) is 25.4 Å². The minimum absolute atomic E-state index is 0.00998. The number of para-hydroxylation sites is 1. The summed E-state index contributed by atoms with van der Waals surface area (Å²) in [6, 6.07) is 23.8. The van der Waals surface area contributed by atoms with Gasteiger partial charge in [0.05, 0.1) is 6.04 Å². The van der Waals surface area contributed by atoms with Crippen LogP contribution in [0.2, 0.25) is 0 Å². The van der Waals surface area contributed by atoms with Gasteiger partial charge < -0.3 is 10.2 Å². The van der Waals surface area contributed by atoms with Crippen molar-refractivity contribution in [3.05, 3.63) is 95.8 Å². The third kappa shape index (κ3) is 3.43. The van der Waals surface area contributed by atoms with Crippen LogP contribution in [0.4, 0.5) is 15.8 Å². The van der Waals surface area contributed by atoms with Crippen LogP contribution in [0.15, 0.2) is 78.9 Å². The molecule has 2 atom stereocenters. The predicted molar refractivity (Wildman–Crippen MR) is 107 cm³/mol. The lowest BCUT2D eigenvalue weighted by Gasteiger charge is -2.40. The molecule has 1 heterocycles. The molecule has 4 heteroatoms. The molecule has 1 aliphatic rings. The van der Waals surface area contributed by atoms with E-state index in [1.54, 1.807) is 12.1 Å². The highest BCUT2D eigenvalue weighted by atomic mass is 19.1. The van der Waals surface area contributed by atoms with Gasteiger partial charge in [-0.25, -0.2) is 4.39 Å². The smallest absolute Gasteiger partial charge is 0.258 e. The Kier molecular flexibility index (Phi) is 4.63. The molecule has 0 bridgehead atoms. The first-order valence-electron chi connectivity index (χ1n) is 9.13. The van der Waals surface area contributed by atoms with Gasteiger partial charge in [0.1, 0.15) is 5.82 Å². The second-order valence-electron chi connectivity index (χ2n) is 6.89. The fourth-order valence-corrected chi connectivity index (χ4v) is 3.73. The first-order chi connectivity index (χ1) is 13.1. The largest absolute Gasteiger partial charge is 0.378 e. The Morgan fingerprint density at radius 1 is 0.963 bits per heavy atom. The van der Waals surface area contributed by atoms with Gasteiger partial charge in [-0.15, -0.1) is 0 Å². The summed E-state index contributed by atoms with van der Waals surface area (Å²) in [6.07, 6.45) is 0.771. The molecule has 3 nitrogen and oxygen atoms in total. The van der Waals surface area contributed by atoms with Crippen molar-refractivity contribution in [1.29, 1.82) is 0 Å². The fourth-order valence-electron chi connectivity index (χ4n) is 3.73. The molecule has 1 amide bonds. The Labute approximate surface area is 158 Å². The number of carbonyl (C=O) groups excluding carboxylic acids is 1. The minimum Gasteiger partial charge on any atom is -0.378 e. The zero-order chi connectivity index (χ0) is 18.8. The molecule has 0 aromatic heterocycles. The Morgan fingerprint density at radius 3 is 2.37 bits per heavy atom. The van der Waals surface area contributed by atoms with Crippen LogP contribution in [-0.2, 0) is 0 Å². The zero-order valence-electron chi connectivity index (χ0n) is 15.1. The second kappa shape index (κ2) is 7.23. The number of rotatable bonds is 3. The topological polar surface area (TPSA) is 32.3 Å². The van der Waals surface area contributed by atoms with Crippen LogP contribution >= 0.6 is 0 Å². The summed E-state index contributed by atoms with van der Waals surface area (Å²) in [7, 11) is 0. The number of carbonyl (C=O) groups is 1. The van der Waals surface area contributed by atoms with E-state index in [0.29, 0.717) is 5.56 Å². The Hall–Kier alpha value is -3.14. The number of nitrogens with zero attached hydrogens (tertiary/aromatic N) is 1. The summed E-state index contributed by atoms with van der Waals surface area (Å²) >= 11 is 0. The maximum absolute atomic E-state index is 13.2. The van der Waals surface area contributed by atoms with Gasteiger partial charge in [0.25, 0.3) is 5.91 Å². The molecule has 27 heavy (non-hydrogen) atoms. The summed E-state index contributed by atoms with van der Waals surface area (Å²) in [5.41, 5.74) is 3.55. The molecule has 0 radical (unpaired) electrons.